The van der Waals surface area contributed by atoms with Crippen molar-refractivity contribution in [2.45, 2.75) is 70.8 Å². The van der Waals surface area contributed by atoms with Gasteiger partial charge in [0.15, 0.2) is 0 Å². The summed E-state index contributed by atoms with van der Waals surface area (Å²) in [5.41, 5.74) is 0. The second-order valence-corrected chi connectivity index (χ2v) is 5.68. The Morgan fingerprint density at radius 3 is 2.17 bits per heavy atom. The van der Waals surface area contributed by atoms with Gasteiger partial charge in [0.2, 0.25) is 0 Å². The van der Waals surface area contributed by atoms with Gasteiger partial charge in [-0.25, -0.2) is 4.79 Å². The van der Waals surface area contributed by atoms with Crippen LogP contribution in [0, 0.1) is 0 Å². The maximum absolute atomic E-state index is 10.2. The molecule has 0 heterocycles. The number of carboxylic acid groups (broad SMARTS) is 1. The predicted molar refractivity (Wildman–Crippen MR) is 97.4 cm³/mol. The van der Waals surface area contributed by atoms with Crippen LogP contribution >= 0.6 is 0 Å². The van der Waals surface area contributed by atoms with Gasteiger partial charge in [0.05, 0.1) is 6.10 Å². The Bertz CT molecular complexity index is 392. The SMILES string of the molecule is CCCCCCC[C@H](O)CCCC=CC=CC=CC=CC(=O)O. The molecule has 0 aliphatic heterocycles. The van der Waals surface area contributed by atoms with Crippen LogP contribution in [0.5, 0.6) is 0 Å². The van der Waals surface area contributed by atoms with Crippen molar-refractivity contribution in [3.05, 3.63) is 48.6 Å². The van der Waals surface area contributed by atoms with Crippen LogP contribution in [0.25, 0.3) is 0 Å². The zero-order valence-electron chi connectivity index (χ0n) is 14.4. The number of carbonyl (C=O) groups is 1. The van der Waals surface area contributed by atoms with Crippen molar-refractivity contribution in [1.82, 2.24) is 0 Å². The molecule has 0 rings (SSSR count). The molecule has 130 valence electrons. The first-order valence-corrected chi connectivity index (χ1v) is 8.74. The Labute approximate surface area is 141 Å². The second-order valence-electron chi connectivity index (χ2n) is 5.68. The lowest BCUT2D eigenvalue weighted by atomic mass is 10.0. The fraction of sp³-hybridized carbons (Fsp3) is 0.550. The molecule has 0 aromatic heterocycles. The fourth-order valence-electron chi connectivity index (χ4n) is 2.17. The summed E-state index contributed by atoms with van der Waals surface area (Å²) in [6.07, 6.45) is 23.8. The molecule has 0 saturated carbocycles. The summed E-state index contributed by atoms with van der Waals surface area (Å²) in [5.74, 6) is -0.943. The van der Waals surface area contributed by atoms with E-state index in [9.17, 15) is 9.90 Å². The summed E-state index contributed by atoms with van der Waals surface area (Å²) in [5, 5.41) is 18.3. The first kappa shape index (κ1) is 21.4. The van der Waals surface area contributed by atoms with E-state index in [-0.39, 0.29) is 6.10 Å². The lowest BCUT2D eigenvalue weighted by Crippen LogP contribution is -2.05. The first-order valence-electron chi connectivity index (χ1n) is 8.74. The Morgan fingerprint density at radius 1 is 0.870 bits per heavy atom. The van der Waals surface area contributed by atoms with E-state index < -0.39 is 5.97 Å². The van der Waals surface area contributed by atoms with Crippen LogP contribution in [0.15, 0.2) is 48.6 Å². The quantitative estimate of drug-likeness (QED) is 0.263. The molecule has 0 amide bonds. The monoisotopic (exact) mass is 320 g/mol. The average Bonchev–Trinajstić information content (AvgIpc) is 2.52. The van der Waals surface area contributed by atoms with E-state index in [2.05, 4.69) is 13.0 Å². The van der Waals surface area contributed by atoms with Crippen molar-refractivity contribution in [2.75, 3.05) is 0 Å². The molecule has 1 atom stereocenters. The minimum atomic E-state index is -0.943. The third-order valence-electron chi connectivity index (χ3n) is 3.48. The van der Waals surface area contributed by atoms with Crippen LogP contribution < -0.4 is 0 Å². The van der Waals surface area contributed by atoms with Gasteiger partial charge < -0.3 is 10.2 Å². The molecule has 0 spiro atoms. The van der Waals surface area contributed by atoms with E-state index in [1.807, 2.05) is 18.2 Å². The molecule has 0 radical (unpaired) electrons. The van der Waals surface area contributed by atoms with Crippen LogP contribution in [-0.4, -0.2) is 22.3 Å². The second kappa shape index (κ2) is 16.8. The molecule has 3 heteroatoms. The molecule has 0 aliphatic rings. The molecular weight excluding hydrogens is 288 g/mol. The Morgan fingerprint density at radius 2 is 1.48 bits per heavy atom. The van der Waals surface area contributed by atoms with Crippen molar-refractivity contribution >= 4 is 5.97 Å². The van der Waals surface area contributed by atoms with Crippen LogP contribution in [0.4, 0.5) is 0 Å². The number of aliphatic hydroxyl groups is 1. The van der Waals surface area contributed by atoms with E-state index in [4.69, 9.17) is 5.11 Å². The molecule has 23 heavy (non-hydrogen) atoms. The van der Waals surface area contributed by atoms with Crippen molar-refractivity contribution in [3.63, 3.8) is 0 Å². The number of aliphatic hydroxyl groups excluding tert-OH is 1. The Hall–Kier alpha value is -1.61. The molecule has 0 unspecified atom stereocenters. The number of rotatable bonds is 14. The average molecular weight is 320 g/mol. The maximum Gasteiger partial charge on any atom is 0.328 e. The summed E-state index contributed by atoms with van der Waals surface area (Å²) in [4.78, 5) is 10.2. The van der Waals surface area contributed by atoms with E-state index in [1.165, 1.54) is 31.8 Å². The number of hydrogen-bond donors (Lipinski definition) is 2. The van der Waals surface area contributed by atoms with Gasteiger partial charge in [-0.05, 0) is 25.7 Å². The number of unbranched alkanes of at least 4 members (excludes halogenated alkanes) is 5. The van der Waals surface area contributed by atoms with Gasteiger partial charge >= 0.3 is 5.97 Å². The first-order chi connectivity index (χ1) is 11.2. The van der Waals surface area contributed by atoms with Gasteiger partial charge in [-0.2, -0.15) is 0 Å². The van der Waals surface area contributed by atoms with Gasteiger partial charge in [0, 0.05) is 6.08 Å². The van der Waals surface area contributed by atoms with Gasteiger partial charge in [-0.1, -0.05) is 81.6 Å². The Balaban J connectivity index is 3.53. The molecule has 3 nitrogen and oxygen atoms in total. The van der Waals surface area contributed by atoms with Crippen LogP contribution in [0.2, 0.25) is 0 Å². The predicted octanol–water partition coefficient (Wildman–Crippen LogP) is 5.19. The minimum absolute atomic E-state index is 0.149. The number of aliphatic carboxylic acids is 1. The van der Waals surface area contributed by atoms with Crippen molar-refractivity contribution < 1.29 is 15.0 Å². The fourth-order valence-corrected chi connectivity index (χ4v) is 2.17. The van der Waals surface area contributed by atoms with Gasteiger partial charge in [-0.15, -0.1) is 0 Å². The van der Waals surface area contributed by atoms with Gasteiger partial charge in [0.25, 0.3) is 0 Å². The van der Waals surface area contributed by atoms with Crippen LogP contribution in [0.1, 0.15) is 64.7 Å². The van der Waals surface area contributed by atoms with Crippen molar-refractivity contribution in [3.8, 4) is 0 Å². The van der Waals surface area contributed by atoms with Crippen molar-refractivity contribution in [1.29, 1.82) is 0 Å². The van der Waals surface area contributed by atoms with E-state index in [1.54, 1.807) is 12.2 Å². The molecule has 0 saturated heterocycles. The van der Waals surface area contributed by atoms with Crippen molar-refractivity contribution in [2.24, 2.45) is 0 Å². The van der Waals surface area contributed by atoms with E-state index in [0.717, 1.165) is 38.2 Å². The number of allylic oxidation sites excluding steroid dienone is 7. The highest BCUT2D eigenvalue weighted by Crippen LogP contribution is 2.11. The van der Waals surface area contributed by atoms with E-state index in [0.29, 0.717) is 0 Å². The highest BCUT2D eigenvalue weighted by Gasteiger charge is 2.02. The third-order valence-corrected chi connectivity index (χ3v) is 3.48. The Kier molecular flexibility index (Phi) is 15.6. The molecule has 0 bridgehead atoms. The van der Waals surface area contributed by atoms with Crippen LogP contribution in [-0.2, 0) is 4.79 Å². The standard InChI is InChI=1S/C20H32O3/c1-2-3-4-10-13-16-19(21)17-14-11-8-6-5-7-9-12-15-18-20(22)23/h5-9,12,15,18-19,21H,2-4,10-11,13-14,16-17H2,1H3,(H,22,23)/t19-/m0/s1. The maximum atomic E-state index is 10.2. The van der Waals surface area contributed by atoms with Gasteiger partial charge in [0.1, 0.15) is 0 Å². The zero-order chi connectivity index (χ0) is 17.2. The molecule has 0 aromatic carbocycles. The molecule has 2 N–H and O–H groups in total. The molecule has 0 fully saturated rings. The topological polar surface area (TPSA) is 57.5 Å². The summed E-state index contributed by atoms with van der Waals surface area (Å²) in [7, 11) is 0. The summed E-state index contributed by atoms with van der Waals surface area (Å²) < 4.78 is 0. The highest BCUT2D eigenvalue weighted by molar-refractivity contribution is 5.80. The highest BCUT2D eigenvalue weighted by atomic mass is 16.4. The summed E-state index contributed by atoms with van der Waals surface area (Å²) >= 11 is 0. The number of hydrogen-bond acceptors (Lipinski definition) is 2. The van der Waals surface area contributed by atoms with Crippen LogP contribution in [0.3, 0.4) is 0 Å². The summed E-state index contributed by atoms with van der Waals surface area (Å²) in [6, 6.07) is 0. The van der Waals surface area contributed by atoms with Gasteiger partial charge in [-0.3, -0.25) is 0 Å². The normalized spacial score (nSPS) is 13.8. The lowest BCUT2D eigenvalue weighted by Gasteiger charge is -2.09. The minimum Gasteiger partial charge on any atom is -0.478 e. The molecular formula is C20H32O3. The largest absolute Gasteiger partial charge is 0.478 e. The smallest absolute Gasteiger partial charge is 0.328 e. The lowest BCUT2D eigenvalue weighted by molar-refractivity contribution is -0.131. The molecule has 0 aliphatic carbocycles. The van der Waals surface area contributed by atoms with E-state index >= 15 is 0 Å². The summed E-state index contributed by atoms with van der Waals surface area (Å²) in [6.45, 7) is 2.21. The third kappa shape index (κ3) is 18.3. The zero-order valence-corrected chi connectivity index (χ0v) is 14.4. The molecule has 0 aromatic rings. The number of carboxylic acids is 1.